The third-order valence-corrected chi connectivity index (χ3v) is 5.84. The molecule has 0 saturated heterocycles. The Bertz CT molecular complexity index is 328. The largest absolute Gasteiger partial charge is 0.337 e. The Morgan fingerprint density at radius 2 is 1.26 bits per heavy atom. The van der Waals surface area contributed by atoms with Crippen LogP contribution in [-0.4, -0.2) is 22.9 Å². The molecule has 4 saturated carbocycles. The quantitative estimate of drug-likeness (QED) is 0.757. The first-order valence-corrected chi connectivity index (χ1v) is 8.24. The van der Waals surface area contributed by atoms with Gasteiger partial charge in [0, 0.05) is 12.1 Å². The van der Waals surface area contributed by atoms with Crippen molar-refractivity contribution in [3.05, 3.63) is 0 Å². The van der Waals surface area contributed by atoms with Gasteiger partial charge >= 0.3 is 0 Å². The standard InChI is InChI=1S/C17H29NO/c1-11(2)18(12(3)4)16(19)17-8-13-5-14(9-17)7-15(6-13)10-17/h11-15H,5-10H2,1-4H3. The van der Waals surface area contributed by atoms with Crippen molar-refractivity contribution in [1.29, 1.82) is 0 Å². The van der Waals surface area contributed by atoms with Gasteiger partial charge in [0.05, 0.1) is 5.41 Å². The molecule has 2 heteroatoms. The number of nitrogens with zero attached hydrogens (tertiary/aromatic N) is 1. The summed E-state index contributed by atoms with van der Waals surface area (Å²) in [6.07, 6.45) is 7.80. The summed E-state index contributed by atoms with van der Waals surface area (Å²) in [5, 5.41) is 0. The Hall–Kier alpha value is -0.530. The lowest BCUT2D eigenvalue weighted by molar-refractivity contribution is -0.161. The molecule has 0 heterocycles. The molecule has 19 heavy (non-hydrogen) atoms. The van der Waals surface area contributed by atoms with Gasteiger partial charge < -0.3 is 4.90 Å². The molecule has 0 atom stereocenters. The lowest BCUT2D eigenvalue weighted by Crippen LogP contribution is -2.57. The fourth-order valence-electron chi connectivity index (χ4n) is 5.71. The van der Waals surface area contributed by atoms with E-state index < -0.39 is 0 Å². The normalized spacial score (nSPS) is 40.2. The number of rotatable bonds is 3. The van der Waals surface area contributed by atoms with Crippen LogP contribution in [0.1, 0.15) is 66.2 Å². The van der Waals surface area contributed by atoms with Gasteiger partial charge in [-0.15, -0.1) is 0 Å². The highest BCUT2D eigenvalue weighted by Gasteiger charge is 2.55. The summed E-state index contributed by atoms with van der Waals surface area (Å²) in [6, 6.07) is 0.668. The maximum Gasteiger partial charge on any atom is 0.229 e. The van der Waals surface area contributed by atoms with Gasteiger partial charge in [0.1, 0.15) is 0 Å². The van der Waals surface area contributed by atoms with Crippen LogP contribution in [0.3, 0.4) is 0 Å². The van der Waals surface area contributed by atoms with Crippen molar-refractivity contribution >= 4 is 5.91 Å². The van der Waals surface area contributed by atoms with E-state index in [0.29, 0.717) is 18.0 Å². The molecule has 4 bridgehead atoms. The molecule has 0 N–H and O–H groups in total. The third kappa shape index (κ3) is 2.11. The van der Waals surface area contributed by atoms with Crippen LogP contribution < -0.4 is 0 Å². The molecule has 0 aromatic rings. The van der Waals surface area contributed by atoms with E-state index in [1.54, 1.807) is 0 Å². The van der Waals surface area contributed by atoms with Crippen molar-refractivity contribution in [1.82, 2.24) is 4.90 Å². The van der Waals surface area contributed by atoms with E-state index in [0.717, 1.165) is 17.8 Å². The molecule has 2 nitrogen and oxygen atoms in total. The van der Waals surface area contributed by atoms with Crippen LogP contribution in [-0.2, 0) is 4.79 Å². The van der Waals surface area contributed by atoms with Gasteiger partial charge in [0.15, 0.2) is 0 Å². The summed E-state index contributed by atoms with van der Waals surface area (Å²) in [5.74, 6) is 3.06. The minimum atomic E-state index is 0.0310. The summed E-state index contributed by atoms with van der Waals surface area (Å²) in [4.78, 5) is 15.4. The molecular weight excluding hydrogens is 234 g/mol. The summed E-state index contributed by atoms with van der Waals surface area (Å²) in [6.45, 7) is 8.66. The third-order valence-electron chi connectivity index (χ3n) is 5.84. The van der Waals surface area contributed by atoms with Crippen LogP contribution in [0.25, 0.3) is 0 Å². The molecule has 0 aliphatic heterocycles. The fourth-order valence-corrected chi connectivity index (χ4v) is 5.71. The van der Waals surface area contributed by atoms with Gasteiger partial charge in [-0.3, -0.25) is 4.79 Å². The number of amides is 1. The van der Waals surface area contributed by atoms with E-state index >= 15 is 0 Å². The highest BCUT2D eigenvalue weighted by molar-refractivity contribution is 5.83. The Morgan fingerprint density at radius 3 is 1.58 bits per heavy atom. The molecule has 108 valence electrons. The predicted octanol–water partition coefficient (Wildman–Crippen LogP) is 3.85. The average molecular weight is 263 g/mol. The van der Waals surface area contributed by atoms with Gasteiger partial charge in [-0.2, -0.15) is 0 Å². The van der Waals surface area contributed by atoms with E-state index in [9.17, 15) is 4.79 Å². The molecule has 0 spiro atoms. The number of carbonyl (C=O) groups excluding carboxylic acids is 1. The van der Waals surface area contributed by atoms with Gasteiger partial charge in [0.25, 0.3) is 0 Å². The molecule has 1 amide bonds. The first kappa shape index (κ1) is 13.5. The zero-order valence-electron chi connectivity index (χ0n) is 13.0. The van der Waals surface area contributed by atoms with E-state index in [2.05, 4.69) is 32.6 Å². The number of hydrogen-bond acceptors (Lipinski definition) is 1. The second-order valence-electron chi connectivity index (χ2n) is 8.10. The zero-order valence-corrected chi connectivity index (χ0v) is 13.0. The molecule has 4 aliphatic carbocycles. The molecule has 4 aliphatic rings. The van der Waals surface area contributed by atoms with E-state index in [1.165, 1.54) is 38.5 Å². The van der Waals surface area contributed by atoms with Crippen LogP contribution in [0.5, 0.6) is 0 Å². The molecule has 0 aromatic carbocycles. The first-order chi connectivity index (χ1) is 8.91. The molecule has 4 rings (SSSR count). The van der Waals surface area contributed by atoms with Crippen molar-refractivity contribution in [3.8, 4) is 0 Å². The maximum absolute atomic E-state index is 13.2. The lowest BCUT2D eigenvalue weighted by Gasteiger charge is -2.57. The van der Waals surface area contributed by atoms with Crippen molar-refractivity contribution in [2.75, 3.05) is 0 Å². The van der Waals surface area contributed by atoms with Crippen LogP contribution in [0, 0.1) is 23.2 Å². The Balaban J connectivity index is 1.86. The smallest absolute Gasteiger partial charge is 0.229 e. The highest BCUT2D eigenvalue weighted by atomic mass is 16.2. The van der Waals surface area contributed by atoms with Crippen LogP contribution in [0.15, 0.2) is 0 Å². The Kier molecular flexibility index (Phi) is 3.18. The van der Waals surface area contributed by atoms with Crippen LogP contribution in [0.4, 0.5) is 0 Å². The van der Waals surface area contributed by atoms with Crippen molar-refractivity contribution in [3.63, 3.8) is 0 Å². The predicted molar refractivity (Wildman–Crippen MR) is 77.7 cm³/mol. The Morgan fingerprint density at radius 1 is 0.895 bits per heavy atom. The van der Waals surface area contributed by atoms with E-state index in [4.69, 9.17) is 0 Å². The zero-order chi connectivity index (χ0) is 13.8. The van der Waals surface area contributed by atoms with E-state index in [-0.39, 0.29) is 5.41 Å². The topological polar surface area (TPSA) is 20.3 Å². The van der Waals surface area contributed by atoms with Crippen molar-refractivity contribution in [2.24, 2.45) is 23.2 Å². The van der Waals surface area contributed by atoms with E-state index in [1.807, 2.05) is 0 Å². The molecule has 4 fully saturated rings. The summed E-state index contributed by atoms with van der Waals surface area (Å²) >= 11 is 0. The summed E-state index contributed by atoms with van der Waals surface area (Å²) in [5.41, 5.74) is 0.0310. The second-order valence-corrected chi connectivity index (χ2v) is 8.10. The van der Waals surface area contributed by atoms with Gasteiger partial charge in [-0.05, 0) is 84.0 Å². The second kappa shape index (κ2) is 4.49. The van der Waals surface area contributed by atoms with Crippen molar-refractivity contribution in [2.45, 2.75) is 78.3 Å². The first-order valence-electron chi connectivity index (χ1n) is 8.24. The monoisotopic (exact) mass is 263 g/mol. The minimum absolute atomic E-state index is 0.0310. The molecule has 0 unspecified atom stereocenters. The van der Waals surface area contributed by atoms with Gasteiger partial charge in [0.2, 0.25) is 5.91 Å². The fraction of sp³-hybridized carbons (Fsp3) is 0.941. The van der Waals surface area contributed by atoms with Gasteiger partial charge in [-0.1, -0.05) is 0 Å². The Labute approximate surface area is 117 Å². The highest BCUT2D eigenvalue weighted by Crippen LogP contribution is 2.60. The molecular formula is C17H29NO. The molecule has 0 aromatic heterocycles. The lowest BCUT2D eigenvalue weighted by atomic mass is 9.49. The summed E-state index contributed by atoms with van der Waals surface area (Å²) < 4.78 is 0. The van der Waals surface area contributed by atoms with Crippen LogP contribution in [0.2, 0.25) is 0 Å². The molecule has 0 radical (unpaired) electrons. The van der Waals surface area contributed by atoms with Gasteiger partial charge in [-0.25, -0.2) is 0 Å². The maximum atomic E-state index is 13.2. The van der Waals surface area contributed by atoms with Crippen molar-refractivity contribution < 1.29 is 4.79 Å². The average Bonchev–Trinajstić information content (AvgIpc) is 2.25. The SMILES string of the molecule is CC(C)N(C(=O)C12CC3CC(CC(C3)C1)C2)C(C)C. The summed E-state index contributed by atoms with van der Waals surface area (Å²) in [7, 11) is 0. The number of hydrogen-bond donors (Lipinski definition) is 0. The minimum Gasteiger partial charge on any atom is -0.337 e. The van der Waals surface area contributed by atoms with Crippen LogP contribution >= 0.6 is 0 Å². The number of carbonyl (C=O) groups is 1.